The van der Waals surface area contributed by atoms with E-state index < -0.39 is 8.32 Å². The van der Waals surface area contributed by atoms with Gasteiger partial charge >= 0.3 is 0 Å². The minimum absolute atomic E-state index is 0.220. The summed E-state index contributed by atoms with van der Waals surface area (Å²) in [6.07, 6.45) is 5.56. The summed E-state index contributed by atoms with van der Waals surface area (Å²) < 4.78 is 6.55. The Bertz CT molecular complexity index is 478. The summed E-state index contributed by atoms with van der Waals surface area (Å²) in [5, 5.41) is 9.04. The fraction of sp³-hybridized carbons (Fsp3) is 0.700. The van der Waals surface area contributed by atoms with Crippen LogP contribution in [0.15, 0.2) is 12.1 Å². The summed E-state index contributed by atoms with van der Waals surface area (Å²) in [6.45, 7) is 16.1. The van der Waals surface area contributed by atoms with Crippen molar-refractivity contribution in [3.8, 4) is 5.75 Å². The van der Waals surface area contributed by atoms with E-state index in [2.05, 4.69) is 59.8 Å². The van der Waals surface area contributed by atoms with Crippen LogP contribution in [0.4, 0.5) is 0 Å². The molecule has 0 aliphatic rings. The molecular weight excluding hydrogens is 300 g/mol. The zero-order valence-corrected chi connectivity index (χ0v) is 17.3. The molecule has 2 nitrogen and oxygen atoms in total. The summed E-state index contributed by atoms with van der Waals surface area (Å²) in [7, 11) is -1.79. The topological polar surface area (TPSA) is 29.5 Å². The highest BCUT2D eigenvalue weighted by molar-refractivity contribution is 6.74. The van der Waals surface area contributed by atoms with E-state index in [1.807, 2.05) is 0 Å². The molecule has 0 saturated carbocycles. The maximum atomic E-state index is 8.83. The Kier molecular flexibility index (Phi) is 7.34. The van der Waals surface area contributed by atoms with Gasteiger partial charge in [0.1, 0.15) is 5.75 Å². The lowest BCUT2D eigenvalue weighted by atomic mass is 10.0. The van der Waals surface area contributed by atoms with Gasteiger partial charge in [0.25, 0.3) is 8.32 Å². The largest absolute Gasteiger partial charge is 0.543 e. The Morgan fingerprint density at radius 1 is 0.957 bits per heavy atom. The normalized spacial score (nSPS) is 12.5. The maximum absolute atomic E-state index is 8.83. The number of aliphatic hydroxyl groups excluding tert-OH is 1. The van der Waals surface area contributed by atoms with Gasteiger partial charge in [-0.25, -0.2) is 0 Å². The molecule has 0 atom stereocenters. The van der Waals surface area contributed by atoms with Crippen molar-refractivity contribution in [1.29, 1.82) is 0 Å². The predicted octanol–water partition coefficient (Wildman–Crippen LogP) is 5.78. The number of aliphatic hydroxyl groups is 1. The minimum atomic E-state index is -1.79. The second-order valence-corrected chi connectivity index (χ2v) is 13.0. The molecule has 0 heterocycles. The van der Waals surface area contributed by atoms with Gasteiger partial charge in [-0.05, 0) is 67.9 Å². The monoisotopic (exact) mass is 336 g/mol. The Morgan fingerprint density at radius 3 is 1.96 bits per heavy atom. The average Bonchev–Trinajstić information content (AvgIpc) is 2.41. The van der Waals surface area contributed by atoms with Gasteiger partial charge in [0.2, 0.25) is 0 Å². The van der Waals surface area contributed by atoms with Gasteiger partial charge in [-0.1, -0.05) is 45.7 Å². The van der Waals surface area contributed by atoms with Gasteiger partial charge < -0.3 is 9.53 Å². The first kappa shape index (κ1) is 20.2. The fourth-order valence-electron chi connectivity index (χ4n) is 2.55. The van der Waals surface area contributed by atoms with Crippen LogP contribution in [0, 0.1) is 13.8 Å². The van der Waals surface area contributed by atoms with E-state index in [0.717, 1.165) is 25.0 Å². The maximum Gasteiger partial charge on any atom is 0.250 e. The van der Waals surface area contributed by atoms with Gasteiger partial charge in [0.15, 0.2) is 0 Å². The van der Waals surface area contributed by atoms with Crippen LogP contribution in [0.25, 0.3) is 0 Å². The van der Waals surface area contributed by atoms with Crippen molar-refractivity contribution < 1.29 is 9.53 Å². The number of rotatable bonds is 8. The van der Waals surface area contributed by atoms with Crippen LogP contribution in [0.2, 0.25) is 18.1 Å². The second-order valence-electron chi connectivity index (χ2n) is 8.31. The molecule has 1 N–H and O–H groups in total. The molecule has 3 heteroatoms. The SMILES string of the molecule is Cc1cc(CCCCCCO)cc(C)c1O[Si](C)(C)C(C)(C)C. The van der Waals surface area contributed by atoms with Crippen molar-refractivity contribution in [3.05, 3.63) is 28.8 Å². The van der Waals surface area contributed by atoms with Crippen molar-refractivity contribution in [2.75, 3.05) is 6.61 Å². The third-order valence-corrected chi connectivity index (χ3v) is 9.38. The molecular formula is C20H36O2Si. The molecule has 0 amide bonds. The Balaban J connectivity index is 2.78. The molecule has 0 aromatic heterocycles. The fourth-order valence-corrected chi connectivity index (χ4v) is 3.69. The third kappa shape index (κ3) is 5.96. The van der Waals surface area contributed by atoms with Crippen LogP contribution >= 0.6 is 0 Å². The van der Waals surface area contributed by atoms with Crippen LogP contribution in [0.3, 0.4) is 0 Å². The van der Waals surface area contributed by atoms with Crippen molar-refractivity contribution >= 4 is 8.32 Å². The zero-order chi connectivity index (χ0) is 17.7. The third-order valence-electron chi connectivity index (χ3n) is 5.06. The number of aryl methyl sites for hydroxylation is 3. The molecule has 1 rings (SSSR count). The summed E-state index contributed by atoms with van der Waals surface area (Å²) in [4.78, 5) is 0. The first-order valence-electron chi connectivity index (χ1n) is 8.98. The molecule has 0 aliphatic heterocycles. The van der Waals surface area contributed by atoms with Gasteiger partial charge in [0.05, 0.1) is 0 Å². The predicted molar refractivity (Wildman–Crippen MR) is 103 cm³/mol. The van der Waals surface area contributed by atoms with Gasteiger partial charge in [-0.2, -0.15) is 0 Å². The highest BCUT2D eigenvalue weighted by atomic mass is 28.4. The molecule has 1 aromatic carbocycles. The molecule has 0 saturated heterocycles. The Hall–Kier alpha value is -0.803. The first-order chi connectivity index (χ1) is 10.6. The number of hydrogen-bond donors (Lipinski definition) is 1. The van der Waals surface area contributed by atoms with E-state index in [1.54, 1.807) is 0 Å². The van der Waals surface area contributed by atoms with Crippen LogP contribution in [0.5, 0.6) is 5.75 Å². The molecule has 0 spiro atoms. The smallest absolute Gasteiger partial charge is 0.250 e. The van der Waals surface area contributed by atoms with Crippen molar-refractivity contribution in [3.63, 3.8) is 0 Å². The summed E-state index contributed by atoms with van der Waals surface area (Å²) in [5.74, 6) is 1.10. The minimum Gasteiger partial charge on any atom is -0.543 e. The summed E-state index contributed by atoms with van der Waals surface area (Å²) >= 11 is 0. The number of benzene rings is 1. The molecule has 0 aliphatic carbocycles. The van der Waals surface area contributed by atoms with E-state index >= 15 is 0 Å². The number of unbranched alkanes of at least 4 members (excludes halogenated alkanes) is 3. The first-order valence-corrected chi connectivity index (χ1v) is 11.9. The van der Waals surface area contributed by atoms with Gasteiger partial charge in [-0.3, -0.25) is 0 Å². The molecule has 0 unspecified atom stereocenters. The average molecular weight is 337 g/mol. The van der Waals surface area contributed by atoms with Crippen molar-refractivity contribution in [2.24, 2.45) is 0 Å². The Morgan fingerprint density at radius 2 is 1.48 bits per heavy atom. The van der Waals surface area contributed by atoms with Gasteiger partial charge in [0, 0.05) is 6.61 Å². The number of hydrogen-bond acceptors (Lipinski definition) is 2. The molecule has 1 aromatic rings. The van der Waals surface area contributed by atoms with E-state index in [1.165, 1.54) is 29.5 Å². The van der Waals surface area contributed by atoms with Crippen LogP contribution in [0.1, 0.15) is 63.1 Å². The quantitative estimate of drug-likeness (QED) is 0.481. The van der Waals surface area contributed by atoms with E-state index in [0.29, 0.717) is 6.61 Å². The lowest BCUT2D eigenvalue weighted by Gasteiger charge is -2.37. The van der Waals surface area contributed by atoms with Crippen LogP contribution in [-0.2, 0) is 6.42 Å². The lowest BCUT2D eigenvalue weighted by molar-refractivity contribution is 0.282. The van der Waals surface area contributed by atoms with Crippen molar-refractivity contribution in [1.82, 2.24) is 0 Å². The van der Waals surface area contributed by atoms with Crippen LogP contribution in [-0.4, -0.2) is 20.0 Å². The van der Waals surface area contributed by atoms with E-state index in [-0.39, 0.29) is 5.04 Å². The molecule has 0 radical (unpaired) electrons. The van der Waals surface area contributed by atoms with E-state index in [9.17, 15) is 0 Å². The lowest BCUT2D eigenvalue weighted by Crippen LogP contribution is -2.44. The van der Waals surface area contributed by atoms with Crippen LogP contribution < -0.4 is 4.43 Å². The van der Waals surface area contributed by atoms with E-state index in [4.69, 9.17) is 9.53 Å². The molecule has 23 heavy (non-hydrogen) atoms. The van der Waals surface area contributed by atoms with Gasteiger partial charge in [-0.15, -0.1) is 0 Å². The standard InChI is InChI=1S/C20H36O2Si/c1-16-14-18(12-10-8-9-11-13-21)15-17(2)19(16)22-23(6,7)20(3,4)5/h14-15,21H,8-13H2,1-7H3. The molecule has 0 fully saturated rings. The molecule has 132 valence electrons. The summed E-state index contributed by atoms with van der Waals surface area (Å²) in [6, 6.07) is 4.59. The Labute approximate surface area is 144 Å². The highest BCUT2D eigenvalue weighted by Crippen LogP contribution is 2.39. The highest BCUT2D eigenvalue weighted by Gasteiger charge is 2.39. The summed E-state index contributed by atoms with van der Waals surface area (Å²) in [5.41, 5.74) is 3.94. The zero-order valence-electron chi connectivity index (χ0n) is 16.3. The second kappa shape index (κ2) is 8.34. The van der Waals surface area contributed by atoms with Crippen molar-refractivity contribution in [2.45, 2.75) is 84.9 Å². The molecule has 0 bridgehead atoms.